The van der Waals surface area contributed by atoms with Gasteiger partial charge in [0, 0.05) is 45.1 Å². The van der Waals surface area contributed by atoms with Crippen molar-refractivity contribution in [3.8, 4) is 0 Å². The Morgan fingerprint density at radius 3 is 2.72 bits per heavy atom. The van der Waals surface area contributed by atoms with Crippen LogP contribution in [0.25, 0.3) is 12.2 Å². The van der Waals surface area contributed by atoms with Gasteiger partial charge in [-0.15, -0.1) is 0 Å². The second kappa shape index (κ2) is 6.76. The Balaban J connectivity index is 1.47. The standard InChI is InChI=1S/C18H22N6O/c1-13-3-4-14-15(11-13)21-16(17(25)22-14)12-23-7-9-24(10-8-23)18-19-5-2-6-20-18/h2,4-6,11,13H,3,7-10,12H2,1H3,(H,22,25). The summed E-state index contributed by atoms with van der Waals surface area (Å²) in [7, 11) is 0. The average Bonchev–Trinajstić information content (AvgIpc) is 2.64. The van der Waals surface area contributed by atoms with Crippen molar-refractivity contribution in [1.29, 1.82) is 0 Å². The fraction of sp³-hybridized carbons (Fsp3) is 0.444. The van der Waals surface area contributed by atoms with Gasteiger partial charge in [-0.05, 0) is 18.4 Å². The Morgan fingerprint density at radius 2 is 1.96 bits per heavy atom. The number of hydrogen-bond donors (Lipinski definition) is 1. The van der Waals surface area contributed by atoms with Crippen LogP contribution in [0.5, 0.6) is 0 Å². The second-order valence-electron chi connectivity index (χ2n) is 6.71. The van der Waals surface area contributed by atoms with Crippen LogP contribution in [-0.4, -0.2) is 51.0 Å². The fourth-order valence-electron chi connectivity index (χ4n) is 3.32. The largest absolute Gasteiger partial charge is 0.338 e. The van der Waals surface area contributed by atoms with Crippen molar-refractivity contribution in [2.75, 3.05) is 31.1 Å². The number of hydrogen-bond acceptors (Lipinski definition) is 6. The summed E-state index contributed by atoms with van der Waals surface area (Å²) in [5, 5.41) is 1.77. The molecule has 1 fully saturated rings. The number of piperazine rings is 1. The minimum absolute atomic E-state index is 0.0771. The third kappa shape index (κ3) is 3.46. The average molecular weight is 338 g/mol. The molecule has 1 atom stereocenters. The van der Waals surface area contributed by atoms with Crippen LogP contribution in [0, 0.1) is 5.92 Å². The maximum Gasteiger partial charge on any atom is 0.271 e. The summed E-state index contributed by atoms with van der Waals surface area (Å²) in [5.74, 6) is 1.24. The molecule has 2 aromatic rings. The highest BCUT2D eigenvalue weighted by molar-refractivity contribution is 5.35. The van der Waals surface area contributed by atoms with Crippen molar-refractivity contribution in [1.82, 2.24) is 24.8 Å². The van der Waals surface area contributed by atoms with Gasteiger partial charge >= 0.3 is 0 Å². The predicted octanol–water partition coefficient (Wildman–Crippen LogP) is -0.517. The Labute approximate surface area is 145 Å². The molecule has 0 spiro atoms. The van der Waals surface area contributed by atoms with Gasteiger partial charge in [-0.2, -0.15) is 0 Å². The third-order valence-electron chi connectivity index (χ3n) is 4.76. The van der Waals surface area contributed by atoms with Gasteiger partial charge in [-0.25, -0.2) is 15.0 Å². The molecule has 0 aromatic carbocycles. The molecule has 1 aliphatic carbocycles. The minimum atomic E-state index is -0.0771. The molecule has 2 aromatic heterocycles. The zero-order valence-electron chi connectivity index (χ0n) is 14.4. The van der Waals surface area contributed by atoms with E-state index in [4.69, 9.17) is 0 Å². The van der Waals surface area contributed by atoms with E-state index < -0.39 is 0 Å². The maximum atomic E-state index is 12.3. The molecular formula is C18H22N6O. The van der Waals surface area contributed by atoms with Crippen molar-refractivity contribution in [3.05, 3.63) is 45.2 Å². The summed E-state index contributed by atoms with van der Waals surface area (Å²) < 4.78 is 0. The zero-order chi connectivity index (χ0) is 17.2. The lowest BCUT2D eigenvalue weighted by Crippen LogP contribution is -2.48. The summed E-state index contributed by atoms with van der Waals surface area (Å²) in [5.41, 5.74) is 0.522. The molecule has 7 nitrogen and oxygen atoms in total. The van der Waals surface area contributed by atoms with Crippen molar-refractivity contribution in [3.63, 3.8) is 0 Å². The SMILES string of the molecule is CC1C=c2nc(CN3CCN(c4ncccn4)CC3)c(=O)[nH]c2=CC1. The summed E-state index contributed by atoms with van der Waals surface area (Å²) >= 11 is 0. The lowest BCUT2D eigenvalue weighted by molar-refractivity contribution is 0.244. The number of H-pyrrole nitrogens is 1. The first-order chi connectivity index (χ1) is 12.2. The summed E-state index contributed by atoms with van der Waals surface area (Å²) in [6.07, 6.45) is 8.68. The van der Waals surface area contributed by atoms with Crippen LogP contribution < -0.4 is 21.2 Å². The van der Waals surface area contributed by atoms with Gasteiger partial charge in [0.1, 0.15) is 5.69 Å². The Kier molecular flexibility index (Phi) is 4.31. The molecule has 1 aliphatic heterocycles. The summed E-state index contributed by atoms with van der Waals surface area (Å²) in [6, 6.07) is 1.82. The number of nitrogens with one attached hydrogen (secondary N) is 1. The molecule has 0 bridgehead atoms. The van der Waals surface area contributed by atoms with E-state index in [-0.39, 0.29) is 5.56 Å². The Hall–Kier alpha value is -2.54. The van der Waals surface area contributed by atoms with Crippen molar-refractivity contribution < 1.29 is 0 Å². The van der Waals surface area contributed by atoms with Crippen LogP contribution in [0.4, 0.5) is 5.95 Å². The van der Waals surface area contributed by atoms with Gasteiger partial charge in [-0.3, -0.25) is 9.69 Å². The van der Waals surface area contributed by atoms with E-state index in [1.807, 2.05) is 6.07 Å². The van der Waals surface area contributed by atoms with Crippen LogP contribution in [-0.2, 0) is 6.54 Å². The van der Waals surface area contributed by atoms with E-state index in [1.54, 1.807) is 12.4 Å². The van der Waals surface area contributed by atoms with Gasteiger partial charge in [0.2, 0.25) is 5.95 Å². The minimum Gasteiger partial charge on any atom is -0.338 e. The first-order valence-electron chi connectivity index (χ1n) is 8.74. The molecule has 1 N–H and O–H groups in total. The van der Waals surface area contributed by atoms with Crippen LogP contribution >= 0.6 is 0 Å². The van der Waals surface area contributed by atoms with Crippen molar-refractivity contribution in [2.45, 2.75) is 19.9 Å². The predicted molar refractivity (Wildman–Crippen MR) is 96.3 cm³/mol. The molecule has 1 unspecified atom stereocenters. The van der Waals surface area contributed by atoms with E-state index in [9.17, 15) is 4.79 Å². The number of aromatic nitrogens is 4. The number of aromatic amines is 1. The molecule has 1 saturated heterocycles. The van der Waals surface area contributed by atoms with Gasteiger partial charge in [0.05, 0.1) is 10.7 Å². The molecule has 3 heterocycles. The van der Waals surface area contributed by atoms with Crippen LogP contribution in [0.1, 0.15) is 19.0 Å². The highest BCUT2D eigenvalue weighted by Gasteiger charge is 2.20. The van der Waals surface area contributed by atoms with Crippen molar-refractivity contribution in [2.24, 2.45) is 5.92 Å². The Morgan fingerprint density at radius 1 is 1.20 bits per heavy atom. The highest BCUT2D eigenvalue weighted by atomic mass is 16.1. The van der Waals surface area contributed by atoms with Crippen molar-refractivity contribution >= 4 is 18.1 Å². The number of rotatable bonds is 3. The molecule has 130 valence electrons. The second-order valence-corrected chi connectivity index (χ2v) is 6.71. The topological polar surface area (TPSA) is 78.0 Å². The normalized spacial score (nSPS) is 20.5. The van der Waals surface area contributed by atoms with E-state index in [0.29, 0.717) is 18.2 Å². The van der Waals surface area contributed by atoms with Gasteiger partial charge < -0.3 is 9.88 Å². The zero-order valence-corrected chi connectivity index (χ0v) is 14.4. The van der Waals surface area contributed by atoms with E-state index in [2.05, 4.69) is 48.8 Å². The number of nitrogens with zero attached hydrogens (tertiary/aromatic N) is 5. The first-order valence-corrected chi connectivity index (χ1v) is 8.74. The molecular weight excluding hydrogens is 316 g/mol. The van der Waals surface area contributed by atoms with Gasteiger partial charge in [-0.1, -0.05) is 19.1 Å². The fourth-order valence-corrected chi connectivity index (χ4v) is 3.32. The molecule has 25 heavy (non-hydrogen) atoms. The molecule has 7 heteroatoms. The lowest BCUT2D eigenvalue weighted by Gasteiger charge is -2.34. The quantitative estimate of drug-likeness (QED) is 0.812. The van der Waals surface area contributed by atoms with E-state index in [1.165, 1.54) is 0 Å². The molecule has 0 radical (unpaired) electrons. The molecule has 0 amide bonds. The highest BCUT2D eigenvalue weighted by Crippen LogP contribution is 2.10. The summed E-state index contributed by atoms with van der Waals surface area (Å²) in [4.78, 5) is 33.0. The Bertz CT molecular complexity index is 915. The van der Waals surface area contributed by atoms with E-state index in [0.717, 1.165) is 49.2 Å². The van der Waals surface area contributed by atoms with Crippen LogP contribution in [0.15, 0.2) is 23.3 Å². The van der Waals surface area contributed by atoms with E-state index >= 15 is 0 Å². The van der Waals surface area contributed by atoms with Gasteiger partial charge in [0.15, 0.2) is 0 Å². The molecule has 4 rings (SSSR count). The third-order valence-corrected chi connectivity index (χ3v) is 4.76. The number of anilines is 1. The number of fused-ring (bicyclic) bond motifs is 1. The summed E-state index contributed by atoms with van der Waals surface area (Å²) in [6.45, 7) is 6.17. The monoisotopic (exact) mass is 338 g/mol. The maximum absolute atomic E-state index is 12.3. The molecule has 0 saturated carbocycles. The van der Waals surface area contributed by atoms with Crippen LogP contribution in [0.3, 0.4) is 0 Å². The van der Waals surface area contributed by atoms with Gasteiger partial charge in [0.25, 0.3) is 5.56 Å². The van der Waals surface area contributed by atoms with Crippen LogP contribution in [0.2, 0.25) is 0 Å². The lowest BCUT2D eigenvalue weighted by atomic mass is 10.0. The first kappa shape index (κ1) is 16.0. The molecule has 2 aliphatic rings. The smallest absolute Gasteiger partial charge is 0.271 e.